The fourth-order valence-corrected chi connectivity index (χ4v) is 2.27. The van der Waals surface area contributed by atoms with E-state index in [2.05, 4.69) is 17.2 Å². The van der Waals surface area contributed by atoms with Crippen LogP contribution in [0, 0.1) is 5.92 Å². The highest BCUT2D eigenvalue weighted by Crippen LogP contribution is 2.32. The largest absolute Gasteiger partial charge is 0.376 e. The Morgan fingerprint density at radius 1 is 1.35 bits per heavy atom. The van der Waals surface area contributed by atoms with Crippen LogP contribution in [0.3, 0.4) is 0 Å². The van der Waals surface area contributed by atoms with E-state index in [1.807, 2.05) is 0 Å². The molecule has 1 aliphatic heterocycles. The molecule has 2 aliphatic rings. The van der Waals surface area contributed by atoms with Crippen LogP contribution in [0.4, 0.5) is 5.82 Å². The standard InChI is InChI=1S/C13H19N3O/c1-2-14-13-10-8-17-6-5-11(10)15-12(16-13)7-9-3-4-9/h9H,2-8H2,1H3,(H,14,15,16). The van der Waals surface area contributed by atoms with E-state index in [4.69, 9.17) is 9.72 Å². The van der Waals surface area contributed by atoms with Gasteiger partial charge in [0, 0.05) is 24.9 Å². The molecular formula is C13H19N3O. The molecule has 4 nitrogen and oxygen atoms in total. The third kappa shape index (κ3) is 2.41. The minimum absolute atomic E-state index is 0.654. The lowest BCUT2D eigenvalue weighted by Crippen LogP contribution is -2.18. The Labute approximate surface area is 102 Å². The Balaban J connectivity index is 1.91. The van der Waals surface area contributed by atoms with E-state index in [9.17, 15) is 0 Å². The summed E-state index contributed by atoms with van der Waals surface area (Å²) in [5, 5.41) is 3.34. The molecule has 0 saturated heterocycles. The maximum absolute atomic E-state index is 5.50. The Kier molecular flexibility index (Phi) is 2.97. The predicted octanol–water partition coefficient (Wildman–Crippen LogP) is 1.93. The highest BCUT2D eigenvalue weighted by molar-refractivity contribution is 5.47. The molecular weight excluding hydrogens is 214 g/mol. The van der Waals surface area contributed by atoms with Gasteiger partial charge in [-0.05, 0) is 25.7 Å². The van der Waals surface area contributed by atoms with Crippen molar-refractivity contribution in [2.24, 2.45) is 5.92 Å². The molecule has 3 rings (SSSR count). The van der Waals surface area contributed by atoms with Gasteiger partial charge in [-0.1, -0.05) is 0 Å². The summed E-state index contributed by atoms with van der Waals surface area (Å²) in [7, 11) is 0. The van der Waals surface area contributed by atoms with Crippen molar-refractivity contribution in [1.29, 1.82) is 0 Å². The molecule has 0 unspecified atom stereocenters. The van der Waals surface area contributed by atoms with Gasteiger partial charge in [0.25, 0.3) is 0 Å². The van der Waals surface area contributed by atoms with Gasteiger partial charge in [-0.3, -0.25) is 0 Å². The molecule has 0 bridgehead atoms. The lowest BCUT2D eigenvalue weighted by atomic mass is 10.1. The van der Waals surface area contributed by atoms with Crippen molar-refractivity contribution in [2.45, 2.75) is 39.2 Å². The second-order valence-corrected chi connectivity index (χ2v) is 4.89. The summed E-state index contributed by atoms with van der Waals surface area (Å²) in [6.07, 6.45) is 4.67. The lowest BCUT2D eigenvalue weighted by Gasteiger charge is -2.19. The molecule has 0 atom stereocenters. The molecule has 1 aliphatic carbocycles. The van der Waals surface area contributed by atoms with E-state index in [0.717, 1.165) is 49.1 Å². The SMILES string of the molecule is CCNc1nc(CC2CC2)nc2c1COCC2. The number of hydrogen-bond donors (Lipinski definition) is 1. The van der Waals surface area contributed by atoms with E-state index >= 15 is 0 Å². The summed E-state index contributed by atoms with van der Waals surface area (Å²) in [6, 6.07) is 0. The number of nitrogens with zero attached hydrogens (tertiary/aromatic N) is 2. The van der Waals surface area contributed by atoms with Crippen LogP contribution >= 0.6 is 0 Å². The first-order chi connectivity index (χ1) is 8.36. The fourth-order valence-electron chi connectivity index (χ4n) is 2.27. The van der Waals surface area contributed by atoms with Gasteiger partial charge in [-0.15, -0.1) is 0 Å². The summed E-state index contributed by atoms with van der Waals surface area (Å²) in [4.78, 5) is 9.36. The molecule has 4 heteroatoms. The van der Waals surface area contributed by atoms with E-state index in [0.29, 0.717) is 6.61 Å². The van der Waals surface area contributed by atoms with Gasteiger partial charge in [0.2, 0.25) is 0 Å². The maximum atomic E-state index is 5.50. The normalized spacial score (nSPS) is 18.9. The Bertz CT molecular complexity index is 415. The summed E-state index contributed by atoms with van der Waals surface area (Å²) < 4.78 is 5.50. The van der Waals surface area contributed by atoms with Gasteiger partial charge in [0.1, 0.15) is 11.6 Å². The van der Waals surface area contributed by atoms with Crippen LogP contribution in [0.2, 0.25) is 0 Å². The Morgan fingerprint density at radius 3 is 3.00 bits per heavy atom. The first-order valence-electron chi connectivity index (χ1n) is 6.57. The van der Waals surface area contributed by atoms with Crippen LogP contribution in [-0.2, 0) is 24.2 Å². The summed E-state index contributed by atoms with van der Waals surface area (Å²) in [5.41, 5.74) is 2.36. The first kappa shape index (κ1) is 11.0. The third-order valence-electron chi connectivity index (χ3n) is 3.38. The number of anilines is 1. The molecule has 2 heterocycles. The zero-order chi connectivity index (χ0) is 11.7. The molecule has 1 N–H and O–H groups in total. The second kappa shape index (κ2) is 4.61. The molecule has 1 aromatic rings. The highest BCUT2D eigenvalue weighted by atomic mass is 16.5. The van der Waals surface area contributed by atoms with Crippen molar-refractivity contribution >= 4 is 5.82 Å². The maximum Gasteiger partial charge on any atom is 0.135 e. The Morgan fingerprint density at radius 2 is 2.24 bits per heavy atom. The average Bonchev–Trinajstić information content (AvgIpc) is 3.13. The quantitative estimate of drug-likeness (QED) is 0.863. The van der Waals surface area contributed by atoms with Gasteiger partial charge in [0.15, 0.2) is 0 Å². The van der Waals surface area contributed by atoms with E-state index in [-0.39, 0.29) is 0 Å². The molecule has 1 saturated carbocycles. The van der Waals surface area contributed by atoms with Crippen molar-refractivity contribution in [1.82, 2.24) is 9.97 Å². The van der Waals surface area contributed by atoms with Crippen LogP contribution < -0.4 is 5.32 Å². The van der Waals surface area contributed by atoms with Gasteiger partial charge in [-0.25, -0.2) is 9.97 Å². The van der Waals surface area contributed by atoms with Gasteiger partial charge >= 0.3 is 0 Å². The average molecular weight is 233 g/mol. The summed E-state index contributed by atoms with van der Waals surface area (Å²) in [5.74, 6) is 2.85. The topological polar surface area (TPSA) is 47.0 Å². The molecule has 92 valence electrons. The fraction of sp³-hybridized carbons (Fsp3) is 0.692. The molecule has 1 aromatic heterocycles. The molecule has 1 fully saturated rings. The van der Waals surface area contributed by atoms with Crippen molar-refractivity contribution in [3.8, 4) is 0 Å². The van der Waals surface area contributed by atoms with Crippen LogP contribution in [0.25, 0.3) is 0 Å². The van der Waals surface area contributed by atoms with Crippen molar-refractivity contribution in [2.75, 3.05) is 18.5 Å². The minimum atomic E-state index is 0.654. The number of fused-ring (bicyclic) bond motifs is 1. The van der Waals surface area contributed by atoms with Crippen molar-refractivity contribution in [3.63, 3.8) is 0 Å². The third-order valence-corrected chi connectivity index (χ3v) is 3.38. The highest BCUT2D eigenvalue weighted by Gasteiger charge is 2.25. The van der Waals surface area contributed by atoms with Crippen LogP contribution in [-0.4, -0.2) is 23.1 Å². The van der Waals surface area contributed by atoms with Crippen molar-refractivity contribution in [3.05, 3.63) is 17.1 Å². The number of ether oxygens (including phenoxy) is 1. The van der Waals surface area contributed by atoms with Crippen LogP contribution in [0.5, 0.6) is 0 Å². The van der Waals surface area contributed by atoms with E-state index in [1.54, 1.807) is 0 Å². The number of hydrogen-bond acceptors (Lipinski definition) is 4. The number of rotatable bonds is 4. The Hall–Kier alpha value is -1.16. The summed E-state index contributed by atoms with van der Waals surface area (Å²) in [6.45, 7) is 4.44. The number of aromatic nitrogens is 2. The van der Waals surface area contributed by atoms with Gasteiger partial charge in [0.05, 0.1) is 18.9 Å². The van der Waals surface area contributed by atoms with Crippen LogP contribution in [0.15, 0.2) is 0 Å². The van der Waals surface area contributed by atoms with Gasteiger partial charge < -0.3 is 10.1 Å². The number of nitrogens with one attached hydrogen (secondary N) is 1. The lowest BCUT2D eigenvalue weighted by molar-refractivity contribution is 0.109. The smallest absolute Gasteiger partial charge is 0.135 e. The molecule has 0 aromatic carbocycles. The molecule has 17 heavy (non-hydrogen) atoms. The van der Waals surface area contributed by atoms with E-state index < -0.39 is 0 Å². The zero-order valence-electron chi connectivity index (χ0n) is 10.3. The summed E-state index contributed by atoms with van der Waals surface area (Å²) >= 11 is 0. The molecule has 0 amide bonds. The first-order valence-corrected chi connectivity index (χ1v) is 6.57. The minimum Gasteiger partial charge on any atom is -0.376 e. The monoisotopic (exact) mass is 233 g/mol. The molecule has 0 radical (unpaired) electrons. The van der Waals surface area contributed by atoms with Crippen molar-refractivity contribution < 1.29 is 4.74 Å². The van der Waals surface area contributed by atoms with Gasteiger partial charge in [-0.2, -0.15) is 0 Å². The predicted molar refractivity (Wildman–Crippen MR) is 66.0 cm³/mol. The second-order valence-electron chi connectivity index (χ2n) is 4.89. The molecule has 0 spiro atoms. The zero-order valence-corrected chi connectivity index (χ0v) is 10.3. The van der Waals surface area contributed by atoms with E-state index in [1.165, 1.54) is 18.5 Å². The van der Waals surface area contributed by atoms with Crippen LogP contribution in [0.1, 0.15) is 36.8 Å².